The lowest BCUT2D eigenvalue weighted by atomic mass is 9.96. The topological polar surface area (TPSA) is 21.3 Å². The Labute approximate surface area is 128 Å². The number of hydrogen-bond acceptors (Lipinski definition) is 2. The zero-order valence-electron chi connectivity index (χ0n) is 12.0. The first-order chi connectivity index (χ1) is 10.1. The molecule has 3 rings (SSSR count). The van der Waals surface area contributed by atoms with E-state index < -0.39 is 0 Å². The van der Waals surface area contributed by atoms with Crippen LogP contribution in [0.5, 0.6) is 5.75 Å². The average Bonchev–Trinajstić information content (AvgIpc) is 2.83. The van der Waals surface area contributed by atoms with E-state index in [1.54, 1.807) is 12.1 Å². The quantitative estimate of drug-likeness (QED) is 0.921. The first-order valence-corrected chi connectivity index (χ1v) is 7.38. The molecule has 0 saturated heterocycles. The molecule has 1 aliphatic heterocycles. The second kappa shape index (κ2) is 5.66. The Kier molecular flexibility index (Phi) is 3.87. The van der Waals surface area contributed by atoms with Crippen LogP contribution < -0.4 is 10.1 Å². The smallest absolute Gasteiger partial charge is 0.128 e. The van der Waals surface area contributed by atoms with Crippen LogP contribution in [0.1, 0.15) is 29.7 Å². The lowest BCUT2D eigenvalue weighted by Gasteiger charge is -2.19. The van der Waals surface area contributed by atoms with Crippen molar-refractivity contribution < 1.29 is 9.13 Å². The van der Waals surface area contributed by atoms with E-state index in [4.69, 9.17) is 16.3 Å². The fourth-order valence-corrected chi connectivity index (χ4v) is 3.04. The summed E-state index contributed by atoms with van der Waals surface area (Å²) < 4.78 is 19.8. The molecule has 0 bridgehead atoms. The van der Waals surface area contributed by atoms with Gasteiger partial charge in [-0.05, 0) is 49.4 Å². The van der Waals surface area contributed by atoms with Gasteiger partial charge >= 0.3 is 0 Å². The minimum Gasteiger partial charge on any atom is -0.490 e. The second-order valence-electron chi connectivity index (χ2n) is 5.39. The summed E-state index contributed by atoms with van der Waals surface area (Å²) in [4.78, 5) is 0. The summed E-state index contributed by atoms with van der Waals surface area (Å²) in [7, 11) is 1.82. The maximum Gasteiger partial charge on any atom is 0.128 e. The van der Waals surface area contributed by atoms with Crippen molar-refractivity contribution in [2.75, 3.05) is 7.05 Å². The van der Waals surface area contributed by atoms with Crippen molar-refractivity contribution in [1.29, 1.82) is 0 Å². The fraction of sp³-hybridized carbons (Fsp3) is 0.294. The monoisotopic (exact) mass is 305 g/mol. The predicted octanol–water partition coefficient (Wildman–Crippen LogP) is 4.11. The van der Waals surface area contributed by atoms with Crippen LogP contribution in [0.25, 0.3) is 0 Å². The van der Waals surface area contributed by atoms with Gasteiger partial charge in [0.1, 0.15) is 17.7 Å². The van der Waals surface area contributed by atoms with E-state index in [-0.39, 0.29) is 18.0 Å². The highest BCUT2D eigenvalue weighted by molar-refractivity contribution is 6.30. The number of nitrogens with one attached hydrogen (secondary N) is 1. The molecule has 0 spiro atoms. The van der Waals surface area contributed by atoms with Gasteiger partial charge in [-0.15, -0.1) is 0 Å². The van der Waals surface area contributed by atoms with Gasteiger partial charge in [0, 0.05) is 17.0 Å². The molecule has 21 heavy (non-hydrogen) atoms. The molecule has 0 aromatic heterocycles. The lowest BCUT2D eigenvalue weighted by Crippen LogP contribution is -2.19. The highest BCUT2D eigenvalue weighted by Gasteiger charge is 2.22. The van der Waals surface area contributed by atoms with Gasteiger partial charge in [-0.1, -0.05) is 23.7 Å². The van der Waals surface area contributed by atoms with Crippen molar-refractivity contribution in [3.05, 3.63) is 63.9 Å². The van der Waals surface area contributed by atoms with Crippen molar-refractivity contribution in [3.8, 4) is 5.75 Å². The van der Waals surface area contributed by atoms with Crippen LogP contribution in [0.2, 0.25) is 5.02 Å². The molecule has 110 valence electrons. The number of halogens is 2. The Bertz CT molecular complexity index is 674. The van der Waals surface area contributed by atoms with Crippen LogP contribution in [0.15, 0.2) is 36.4 Å². The molecule has 0 fully saturated rings. The Morgan fingerprint density at radius 1 is 1.29 bits per heavy atom. The van der Waals surface area contributed by atoms with Gasteiger partial charge in [0.25, 0.3) is 0 Å². The molecule has 2 unspecified atom stereocenters. The van der Waals surface area contributed by atoms with Crippen molar-refractivity contribution in [3.63, 3.8) is 0 Å². The van der Waals surface area contributed by atoms with E-state index >= 15 is 0 Å². The zero-order valence-corrected chi connectivity index (χ0v) is 12.7. The van der Waals surface area contributed by atoms with Crippen LogP contribution in [0.4, 0.5) is 4.39 Å². The summed E-state index contributed by atoms with van der Waals surface area (Å²) >= 11 is 6.00. The minimum atomic E-state index is -0.260. The molecule has 0 saturated carbocycles. The van der Waals surface area contributed by atoms with E-state index in [1.165, 1.54) is 11.6 Å². The van der Waals surface area contributed by atoms with Crippen molar-refractivity contribution in [2.24, 2.45) is 0 Å². The third kappa shape index (κ3) is 2.76. The number of rotatable bonds is 3. The summed E-state index contributed by atoms with van der Waals surface area (Å²) in [5.74, 6) is 0.663. The van der Waals surface area contributed by atoms with Gasteiger partial charge in [0.05, 0.1) is 6.04 Å². The molecule has 2 atom stereocenters. The van der Waals surface area contributed by atoms with Gasteiger partial charge in [-0.2, -0.15) is 0 Å². The molecule has 2 aromatic carbocycles. The molecule has 1 aliphatic rings. The van der Waals surface area contributed by atoms with Gasteiger partial charge in [-0.25, -0.2) is 4.39 Å². The van der Waals surface area contributed by atoms with Gasteiger partial charge in [0.15, 0.2) is 0 Å². The maximum atomic E-state index is 14.1. The molecule has 2 nitrogen and oxygen atoms in total. The minimum absolute atomic E-state index is 0.200. The molecule has 0 radical (unpaired) electrons. The molecular weight excluding hydrogens is 289 g/mol. The van der Waals surface area contributed by atoms with Gasteiger partial charge in [-0.3, -0.25) is 0 Å². The van der Waals surface area contributed by atoms with Crippen molar-refractivity contribution in [2.45, 2.75) is 25.5 Å². The zero-order chi connectivity index (χ0) is 15.0. The average molecular weight is 306 g/mol. The Balaban J connectivity index is 2.01. The van der Waals surface area contributed by atoms with Crippen LogP contribution in [0.3, 0.4) is 0 Å². The number of benzene rings is 2. The van der Waals surface area contributed by atoms with Crippen LogP contribution in [-0.2, 0) is 6.42 Å². The van der Waals surface area contributed by atoms with E-state index in [0.717, 1.165) is 17.7 Å². The van der Waals surface area contributed by atoms with Gasteiger partial charge < -0.3 is 10.1 Å². The molecule has 1 N–H and O–H groups in total. The Hall–Kier alpha value is -1.58. The maximum absolute atomic E-state index is 14.1. The Morgan fingerprint density at radius 2 is 2.10 bits per heavy atom. The number of fused-ring (bicyclic) bond motifs is 1. The molecule has 0 amide bonds. The van der Waals surface area contributed by atoms with Crippen LogP contribution >= 0.6 is 11.6 Å². The first kappa shape index (κ1) is 14.4. The SMILES string of the molecule is CNC(c1ccc2c(c1)CC(C)O2)c1cc(Cl)ccc1F. The molecule has 1 heterocycles. The summed E-state index contributed by atoms with van der Waals surface area (Å²) in [6.45, 7) is 2.05. The summed E-state index contributed by atoms with van der Waals surface area (Å²) in [5.41, 5.74) is 2.73. The summed E-state index contributed by atoms with van der Waals surface area (Å²) in [6, 6.07) is 10.4. The van der Waals surface area contributed by atoms with Gasteiger partial charge in [0.2, 0.25) is 0 Å². The summed E-state index contributed by atoms with van der Waals surface area (Å²) in [5, 5.41) is 3.70. The second-order valence-corrected chi connectivity index (χ2v) is 5.82. The van der Waals surface area contributed by atoms with Crippen molar-refractivity contribution in [1.82, 2.24) is 5.32 Å². The highest BCUT2D eigenvalue weighted by atomic mass is 35.5. The molecule has 4 heteroatoms. The normalized spacial score (nSPS) is 18.2. The first-order valence-electron chi connectivity index (χ1n) is 7.00. The Morgan fingerprint density at radius 3 is 2.86 bits per heavy atom. The van der Waals surface area contributed by atoms with E-state index in [9.17, 15) is 4.39 Å². The highest BCUT2D eigenvalue weighted by Crippen LogP contribution is 2.33. The predicted molar refractivity (Wildman–Crippen MR) is 82.5 cm³/mol. The largest absolute Gasteiger partial charge is 0.490 e. The molecular formula is C17H17ClFNO. The number of hydrogen-bond donors (Lipinski definition) is 1. The lowest BCUT2D eigenvalue weighted by molar-refractivity contribution is 0.254. The third-order valence-electron chi connectivity index (χ3n) is 3.81. The molecule has 0 aliphatic carbocycles. The summed E-state index contributed by atoms with van der Waals surface area (Å²) in [6.07, 6.45) is 1.09. The number of ether oxygens (including phenoxy) is 1. The van der Waals surface area contributed by atoms with E-state index in [1.807, 2.05) is 26.1 Å². The third-order valence-corrected chi connectivity index (χ3v) is 4.05. The van der Waals surface area contributed by atoms with Crippen LogP contribution in [0, 0.1) is 5.82 Å². The van der Waals surface area contributed by atoms with Crippen molar-refractivity contribution >= 4 is 11.6 Å². The molecule has 2 aromatic rings. The van der Waals surface area contributed by atoms with E-state index in [0.29, 0.717) is 10.6 Å². The van der Waals surface area contributed by atoms with E-state index in [2.05, 4.69) is 11.4 Å². The fourth-order valence-electron chi connectivity index (χ4n) is 2.86. The van der Waals surface area contributed by atoms with Crippen LogP contribution in [-0.4, -0.2) is 13.2 Å². The standard InChI is InChI=1S/C17H17ClFNO/c1-10-7-12-8-11(3-6-16(12)21-10)17(20-2)14-9-13(18)4-5-15(14)19/h3-6,8-10,17,20H,7H2,1-2H3.